The summed E-state index contributed by atoms with van der Waals surface area (Å²) in [4.78, 5) is 12.8. The molecule has 162 valence electrons. The molecule has 6 heteroatoms. The number of fused-ring (bicyclic) bond motifs is 1. The van der Waals surface area contributed by atoms with E-state index >= 15 is 0 Å². The number of carbonyl (C=O) groups excluding carboxylic acids is 1. The molecule has 3 rings (SSSR count). The van der Waals surface area contributed by atoms with Crippen LogP contribution in [-0.2, 0) is 26.9 Å². The van der Waals surface area contributed by atoms with Gasteiger partial charge in [0.1, 0.15) is 22.3 Å². The van der Waals surface area contributed by atoms with Crippen LogP contribution in [0.1, 0.15) is 62.8 Å². The van der Waals surface area contributed by atoms with Gasteiger partial charge >= 0.3 is 5.97 Å². The maximum Gasteiger partial charge on any atom is 0.344 e. The molecule has 2 aromatic rings. The van der Waals surface area contributed by atoms with Crippen molar-refractivity contribution in [2.24, 2.45) is 0 Å². The minimum atomic E-state index is -1.30. The van der Waals surface area contributed by atoms with Gasteiger partial charge in [0.25, 0.3) is 0 Å². The molecule has 0 spiro atoms. The molecule has 0 saturated heterocycles. The summed E-state index contributed by atoms with van der Waals surface area (Å²) in [5.41, 5.74) is 2.78. The summed E-state index contributed by atoms with van der Waals surface area (Å²) in [5.74, 6) is 0.317. The van der Waals surface area contributed by atoms with Gasteiger partial charge in [0, 0.05) is 6.04 Å². The van der Waals surface area contributed by atoms with E-state index in [1.165, 1.54) is 0 Å². The number of hydrogen-bond donors (Lipinski definition) is 1. The zero-order valence-electron chi connectivity index (χ0n) is 18.2. The van der Waals surface area contributed by atoms with Gasteiger partial charge in [-0.15, -0.1) is 0 Å². The van der Waals surface area contributed by atoms with Crippen molar-refractivity contribution < 1.29 is 18.5 Å². The number of aryl methyl sites for hydroxylation is 1. The highest BCUT2D eigenvalue weighted by Gasteiger charge is 2.24. The molecule has 0 aromatic heterocycles. The lowest BCUT2D eigenvalue weighted by molar-refractivity contribution is -0.157. The summed E-state index contributed by atoms with van der Waals surface area (Å²) in [6.07, 6.45) is 3.83. The Morgan fingerprint density at radius 1 is 1.13 bits per heavy atom. The molecule has 0 aliphatic heterocycles. The Morgan fingerprint density at radius 2 is 1.87 bits per heavy atom. The van der Waals surface area contributed by atoms with Gasteiger partial charge in [-0.3, -0.25) is 0 Å². The first-order valence-corrected chi connectivity index (χ1v) is 11.6. The Bertz CT molecular complexity index is 902. The number of carbonyl (C=O) groups is 1. The SMILES string of the molecule is Cc1ccc(S(=O)NC2CCCCc3c(OCC(=O)OC(C)(C)C)cccc32)cc1. The predicted molar refractivity (Wildman–Crippen MR) is 119 cm³/mol. The fourth-order valence-electron chi connectivity index (χ4n) is 3.61. The minimum absolute atomic E-state index is 0.0327. The predicted octanol–water partition coefficient (Wildman–Crippen LogP) is 4.80. The number of nitrogens with one attached hydrogen (secondary N) is 1. The minimum Gasteiger partial charge on any atom is -0.482 e. The highest BCUT2D eigenvalue weighted by atomic mass is 32.2. The molecule has 2 atom stereocenters. The van der Waals surface area contributed by atoms with Crippen LogP contribution >= 0.6 is 0 Å². The second-order valence-electron chi connectivity index (χ2n) is 8.70. The van der Waals surface area contributed by atoms with Gasteiger partial charge < -0.3 is 9.47 Å². The van der Waals surface area contributed by atoms with Crippen LogP contribution in [0.3, 0.4) is 0 Å². The highest BCUT2D eigenvalue weighted by molar-refractivity contribution is 7.83. The summed E-state index contributed by atoms with van der Waals surface area (Å²) in [7, 11) is -1.30. The first-order chi connectivity index (χ1) is 14.2. The second kappa shape index (κ2) is 9.75. The van der Waals surface area contributed by atoms with Crippen molar-refractivity contribution in [2.75, 3.05) is 6.61 Å². The smallest absolute Gasteiger partial charge is 0.344 e. The molecule has 1 aliphatic carbocycles. The summed E-state index contributed by atoms with van der Waals surface area (Å²) in [6, 6.07) is 13.6. The van der Waals surface area contributed by atoms with Crippen LogP contribution in [0.25, 0.3) is 0 Å². The van der Waals surface area contributed by atoms with Gasteiger partial charge in [-0.1, -0.05) is 36.2 Å². The average molecular weight is 430 g/mol. The summed E-state index contributed by atoms with van der Waals surface area (Å²) >= 11 is 0. The first kappa shape index (κ1) is 22.5. The molecule has 2 aromatic carbocycles. The molecule has 1 aliphatic rings. The number of rotatable bonds is 6. The Balaban J connectivity index is 1.75. The van der Waals surface area contributed by atoms with Crippen LogP contribution in [0.4, 0.5) is 0 Å². The van der Waals surface area contributed by atoms with Crippen molar-refractivity contribution in [1.29, 1.82) is 0 Å². The fraction of sp³-hybridized carbons (Fsp3) is 0.458. The molecule has 0 radical (unpaired) electrons. The molecule has 0 fully saturated rings. The standard InChI is InChI=1S/C24H31NO4S/c1-17-12-14-18(15-13-17)30(27)25-21-10-6-5-8-20-19(21)9-7-11-22(20)28-16-23(26)29-24(2,3)4/h7,9,11-15,21,25H,5-6,8,10,16H2,1-4H3. The lowest BCUT2D eigenvalue weighted by Crippen LogP contribution is -2.27. The molecular weight excluding hydrogens is 398 g/mol. The third kappa shape index (κ3) is 6.16. The quantitative estimate of drug-likeness (QED) is 0.529. The van der Waals surface area contributed by atoms with E-state index in [0.29, 0.717) is 5.75 Å². The molecule has 1 N–H and O–H groups in total. The number of benzene rings is 2. The van der Waals surface area contributed by atoms with Crippen molar-refractivity contribution in [2.45, 2.75) is 69.9 Å². The van der Waals surface area contributed by atoms with Crippen LogP contribution in [-0.4, -0.2) is 22.4 Å². The van der Waals surface area contributed by atoms with E-state index in [1.807, 2.05) is 64.1 Å². The highest BCUT2D eigenvalue weighted by Crippen LogP contribution is 2.35. The van der Waals surface area contributed by atoms with E-state index in [1.54, 1.807) is 0 Å². The van der Waals surface area contributed by atoms with Gasteiger partial charge in [0.2, 0.25) is 0 Å². The molecule has 0 heterocycles. The van der Waals surface area contributed by atoms with E-state index < -0.39 is 16.6 Å². The molecule has 5 nitrogen and oxygen atoms in total. The Labute approximate surface area is 181 Å². The molecule has 0 amide bonds. The Kier molecular flexibility index (Phi) is 7.32. The van der Waals surface area contributed by atoms with Crippen molar-refractivity contribution in [3.05, 3.63) is 59.2 Å². The normalized spacial score (nSPS) is 17.5. The molecule has 0 saturated carbocycles. The summed E-state index contributed by atoms with van der Waals surface area (Å²) in [5, 5.41) is 0. The summed E-state index contributed by atoms with van der Waals surface area (Å²) < 4.78 is 27.4. The van der Waals surface area contributed by atoms with Gasteiger partial charge in [0.05, 0.1) is 4.90 Å². The first-order valence-electron chi connectivity index (χ1n) is 10.4. The number of hydrogen-bond acceptors (Lipinski definition) is 4. The fourth-order valence-corrected chi connectivity index (χ4v) is 4.63. The zero-order chi connectivity index (χ0) is 21.7. The zero-order valence-corrected chi connectivity index (χ0v) is 19.0. The van der Waals surface area contributed by atoms with Gasteiger partial charge in [0.15, 0.2) is 6.61 Å². The number of esters is 1. The van der Waals surface area contributed by atoms with E-state index in [9.17, 15) is 9.00 Å². The second-order valence-corrected chi connectivity index (χ2v) is 9.94. The molecule has 2 unspecified atom stereocenters. The van der Waals surface area contributed by atoms with Crippen molar-refractivity contribution >= 4 is 17.0 Å². The third-order valence-corrected chi connectivity index (χ3v) is 6.16. The Morgan fingerprint density at radius 3 is 2.57 bits per heavy atom. The lowest BCUT2D eigenvalue weighted by atomic mass is 9.99. The molecule has 30 heavy (non-hydrogen) atoms. The molecular formula is C24H31NO4S. The molecule has 0 bridgehead atoms. The van der Waals surface area contributed by atoms with E-state index in [2.05, 4.69) is 10.8 Å². The van der Waals surface area contributed by atoms with Crippen molar-refractivity contribution in [3.63, 3.8) is 0 Å². The maximum absolute atomic E-state index is 12.9. The number of ether oxygens (including phenoxy) is 2. The average Bonchev–Trinajstić information content (AvgIpc) is 2.88. The van der Waals surface area contributed by atoms with Crippen LogP contribution in [0.2, 0.25) is 0 Å². The van der Waals surface area contributed by atoms with Crippen molar-refractivity contribution in [3.8, 4) is 5.75 Å². The van der Waals surface area contributed by atoms with E-state index in [0.717, 1.165) is 47.3 Å². The topological polar surface area (TPSA) is 64.6 Å². The maximum atomic E-state index is 12.9. The van der Waals surface area contributed by atoms with Crippen LogP contribution < -0.4 is 9.46 Å². The van der Waals surface area contributed by atoms with Gasteiger partial charge in [-0.2, -0.15) is 0 Å². The van der Waals surface area contributed by atoms with Gasteiger partial charge in [-0.25, -0.2) is 13.7 Å². The summed E-state index contributed by atoms with van der Waals surface area (Å²) in [6.45, 7) is 7.40. The van der Waals surface area contributed by atoms with Crippen LogP contribution in [0, 0.1) is 6.92 Å². The largest absolute Gasteiger partial charge is 0.482 e. The monoisotopic (exact) mass is 429 g/mol. The van der Waals surface area contributed by atoms with Crippen LogP contribution in [0.5, 0.6) is 5.75 Å². The van der Waals surface area contributed by atoms with E-state index in [4.69, 9.17) is 9.47 Å². The third-order valence-electron chi connectivity index (χ3n) is 4.96. The van der Waals surface area contributed by atoms with Gasteiger partial charge in [-0.05, 0) is 76.3 Å². The van der Waals surface area contributed by atoms with Crippen LogP contribution in [0.15, 0.2) is 47.4 Å². The lowest BCUT2D eigenvalue weighted by Gasteiger charge is -2.22. The van der Waals surface area contributed by atoms with E-state index in [-0.39, 0.29) is 18.6 Å². The Hall–Kier alpha value is -2.18. The van der Waals surface area contributed by atoms with Crippen molar-refractivity contribution in [1.82, 2.24) is 4.72 Å².